The molecule has 3 nitrogen and oxygen atoms in total. The molecule has 0 aromatic heterocycles. The van der Waals surface area contributed by atoms with E-state index in [-0.39, 0.29) is 0 Å². The molecule has 0 radical (unpaired) electrons. The summed E-state index contributed by atoms with van der Waals surface area (Å²) in [6, 6.07) is 5.89. The number of nitrogens with two attached hydrogens (primary N) is 1. The quantitative estimate of drug-likeness (QED) is 0.712. The van der Waals surface area contributed by atoms with Crippen LogP contribution >= 0.6 is 23.2 Å². The third-order valence-corrected chi connectivity index (χ3v) is 3.60. The van der Waals surface area contributed by atoms with E-state index in [1.54, 1.807) is 18.2 Å². The van der Waals surface area contributed by atoms with Crippen molar-refractivity contribution >= 4 is 23.2 Å². The monoisotopic (exact) mass is 306 g/mol. The second-order valence-electron chi connectivity index (χ2n) is 4.45. The minimum absolute atomic E-state index is 0.503. The van der Waals surface area contributed by atoms with E-state index in [0.29, 0.717) is 35.1 Å². The molecule has 1 atom stereocenters. The van der Waals surface area contributed by atoms with E-state index < -0.39 is 0 Å². The molecule has 108 valence electrons. The van der Waals surface area contributed by atoms with Crippen LogP contribution in [0.4, 0.5) is 0 Å². The van der Waals surface area contributed by atoms with E-state index in [4.69, 9.17) is 32.7 Å². The smallest absolute Gasteiger partial charge is 0.121 e. The Morgan fingerprint density at radius 2 is 1.95 bits per heavy atom. The summed E-state index contributed by atoms with van der Waals surface area (Å²) in [6.07, 6.45) is 1.18. The first-order valence-electron chi connectivity index (χ1n) is 6.62. The number of hydrogen-bond donors (Lipinski definition) is 1. The summed E-state index contributed by atoms with van der Waals surface area (Å²) in [4.78, 5) is 0. The predicted octanol–water partition coefficient (Wildman–Crippen LogP) is 2.75. The van der Waals surface area contributed by atoms with E-state index in [0.717, 1.165) is 13.2 Å². The van der Waals surface area contributed by atoms with E-state index in [9.17, 15) is 0 Å². The fourth-order valence-corrected chi connectivity index (χ4v) is 1.78. The molecule has 0 amide bonds. The molecule has 0 aliphatic rings. The van der Waals surface area contributed by atoms with Gasteiger partial charge >= 0.3 is 0 Å². The van der Waals surface area contributed by atoms with E-state index >= 15 is 0 Å². The Bertz CT molecular complexity index is 374. The van der Waals surface area contributed by atoms with Crippen molar-refractivity contribution in [2.75, 3.05) is 26.4 Å². The van der Waals surface area contributed by atoms with Crippen LogP contribution in [0, 0.1) is 0 Å². The van der Waals surface area contributed by atoms with Gasteiger partial charge in [0.15, 0.2) is 0 Å². The molecule has 0 aliphatic heterocycles. The number of quaternary nitrogens is 1. The first kappa shape index (κ1) is 16.6. The van der Waals surface area contributed by atoms with Crippen LogP contribution in [-0.2, 0) is 4.74 Å². The van der Waals surface area contributed by atoms with Crippen LogP contribution in [0.15, 0.2) is 18.2 Å². The maximum absolute atomic E-state index is 5.89. The zero-order valence-corrected chi connectivity index (χ0v) is 13.0. The number of halogens is 2. The van der Waals surface area contributed by atoms with E-state index in [2.05, 4.69) is 19.2 Å². The largest absolute Gasteiger partial charge is 0.491 e. The molecule has 1 aromatic rings. The number of ether oxygens (including phenoxy) is 2. The Kier molecular flexibility index (Phi) is 8.22. The average Bonchev–Trinajstić information content (AvgIpc) is 2.41. The topological polar surface area (TPSA) is 35.1 Å². The molecule has 2 N–H and O–H groups in total. The first-order chi connectivity index (χ1) is 9.13. The summed E-state index contributed by atoms with van der Waals surface area (Å²) in [6.45, 7) is 7.23. The molecule has 19 heavy (non-hydrogen) atoms. The standard InChI is InChI=1S/C14H21Cl2NO2/c1-3-11(2)17-6-7-18-8-9-19-12-4-5-13(15)14(16)10-12/h4-5,10-11,17H,3,6-9H2,1-2H3/p+1/t11-/m1/s1. The van der Waals surface area contributed by atoms with Crippen molar-refractivity contribution < 1.29 is 14.8 Å². The molecule has 0 bridgehead atoms. The molecular formula is C14H22Cl2NO2+. The third-order valence-electron chi connectivity index (χ3n) is 2.86. The molecular weight excluding hydrogens is 285 g/mol. The first-order valence-corrected chi connectivity index (χ1v) is 7.38. The highest BCUT2D eigenvalue weighted by molar-refractivity contribution is 6.42. The summed E-state index contributed by atoms with van der Waals surface area (Å²) < 4.78 is 11.0. The van der Waals surface area contributed by atoms with Crippen LogP contribution in [-0.4, -0.2) is 32.4 Å². The fraction of sp³-hybridized carbons (Fsp3) is 0.571. The predicted molar refractivity (Wildman–Crippen MR) is 79.3 cm³/mol. The molecule has 0 fully saturated rings. The zero-order chi connectivity index (χ0) is 14.1. The van der Waals surface area contributed by atoms with Gasteiger partial charge in [-0.1, -0.05) is 30.1 Å². The SMILES string of the molecule is CC[C@@H](C)[NH2+]CCOCCOc1ccc(Cl)c(Cl)c1. The van der Waals surface area contributed by atoms with Crippen molar-refractivity contribution in [2.24, 2.45) is 0 Å². The molecule has 1 rings (SSSR count). The molecule has 5 heteroatoms. The van der Waals surface area contributed by atoms with E-state index in [1.807, 2.05) is 0 Å². The lowest BCUT2D eigenvalue weighted by Gasteiger charge is -2.09. The normalized spacial score (nSPS) is 12.4. The third kappa shape index (κ3) is 7.02. The molecule has 0 saturated carbocycles. The van der Waals surface area contributed by atoms with Crippen molar-refractivity contribution in [3.63, 3.8) is 0 Å². The van der Waals surface area contributed by atoms with Gasteiger partial charge in [0.25, 0.3) is 0 Å². The number of rotatable bonds is 9. The summed E-state index contributed by atoms with van der Waals surface area (Å²) in [5.41, 5.74) is 0. The van der Waals surface area contributed by atoms with Gasteiger partial charge in [0.1, 0.15) is 12.4 Å². The van der Waals surface area contributed by atoms with Gasteiger partial charge in [-0.3, -0.25) is 0 Å². The minimum atomic E-state index is 0.503. The van der Waals surface area contributed by atoms with Crippen molar-refractivity contribution in [1.82, 2.24) is 0 Å². The lowest BCUT2D eigenvalue weighted by atomic mass is 10.3. The van der Waals surface area contributed by atoms with Gasteiger partial charge in [-0.25, -0.2) is 0 Å². The molecule has 0 heterocycles. The number of benzene rings is 1. The Hall–Kier alpha value is -0.480. The molecule has 0 spiro atoms. The van der Waals surface area contributed by atoms with Gasteiger partial charge in [-0.05, 0) is 25.5 Å². The van der Waals surface area contributed by atoms with Crippen LogP contribution in [0.5, 0.6) is 5.75 Å². The fourth-order valence-electron chi connectivity index (χ4n) is 1.49. The highest BCUT2D eigenvalue weighted by atomic mass is 35.5. The van der Waals surface area contributed by atoms with Gasteiger partial charge in [-0.2, -0.15) is 0 Å². The Labute approximate surface area is 125 Å². The van der Waals surface area contributed by atoms with Crippen LogP contribution in [0.3, 0.4) is 0 Å². The van der Waals surface area contributed by atoms with Crippen LogP contribution in [0.1, 0.15) is 20.3 Å². The highest BCUT2D eigenvalue weighted by Crippen LogP contribution is 2.26. The molecule has 0 aliphatic carbocycles. The maximum Gasteiger partial charge on any atom is 0.121 e. The van der Waals surface area contributed by atoms with Gasteiger partial charge in [0, 0.05) is 6.07 Å². The van der Waals surface area contributed by atoms with Gasteiger partial charge < -0.3 is 14.8 Å². The molecule has 1 aromatic carbocycles. The number of hydrogen-bond acceptors (Lipinski definition) is 2. The van der Waals surface area contributed by atoms with Gasteiger partial charge in [-0.15, -0.1) is 0 Å². The lowest BCUT2D eigenvalue weighted by molar-refractivity contribution is -0.687. The second-order valence-corrected chi connectivity index (χ2v) is 5.26. The van der Waals surface area contributed by atoms with Crippen molar-refractivity contribution in [3.8, 4) is 5.75 Å². The second kappa shape index (κ2) is 9.43. The summed E-state index contributed by atoms with van der Waals surface area (Å²) in [5.74, 6) is 0.712. The average molecular weight is 307 g/mol. The zero-order valence-electron chi connectivity index (χ0n) is 11.5. The van der Waals surface area contributed by atoms with Crippen LogP contribution < -0.4 is 10.1 Å². The van der Waals surface area contributed by atoms with Crippen molar-refractivity contribution in [2.45, 2.75) is 26.3 Å². The summed E-state index contributed by atoms with van der Waals surface area (Å²) in [7, 11) is 0. The Morgan fingerprint density at radius 3 is 2.63 bits per heavy atom. The lowest BCUT2D eigenvalue weighted by Crippen LogP contribution is -2.90. The van der Waals surface area contributed by atoms with Crippen LogP contribution in [0.25, 0.3) is 0 Å². The maximum atomic E-state index is 5.89. The highest BCUT2D eigenvalue weighted by Gasteiger charge is 2.01. The Morgan fingerprint density at radius 1 is 1.16 bits per heavy atom. The molecule has 0 saturated heterocycles. The Balaban J connectivity index is 2.06. The van der Waals surface area contributed by atoms with E-state index in [1.165, 1.54) is 6.42 Å². The van der Waals surface area contributed by atoms with Crippen molar-refractivity contribution in [1.29, 1.82) is 0 Å². The van der Waals surface area contributed by atoms with Gasteiger partial charge in [0.2, 0.25) is 0 Å². The summed E-state index contributed by atoms with van der Waals surface area (Å²) >= 11 is 11.7. The van der Waals surface area contributed by atoms with Crippen molar-refractivity contribution in [3.05, 3.63) is 28.2 Å². The summed E-state index contributed by atoms with van der Waals surface area (Å²) in [5, 5.41) is 3.33. The molecule has 0 unspecified atom stereocenters. The van der Waals surface area contributed by atoms with Gasteiger partial charge in [0.05, 0.1) is 35.8 Å². The minimum Gasteiger partial charge on any atom is -0.491 e. The van der Waals surface area contributed by atoms with Crippen LogP contribution in [0.2, 0.25) is 10.0 Å².